The van der Waals surface area contributed by atoms with Gasteiger partial charge in [-0.3, -0.25) is 4.52 Å². The summed E-state index contributed by atoms with van der Waals surface area (Å²) < 4.78 is 32.4. The van der Waals surface area contributed by atoms with Crippen molar-refractivity contribution in [1.82, 2.24) is 0 Å². The van der Waals surface area contributed by atoms with Gasteiger partial charge >= 0.3 is 6.95 Å². The minimum Gasteiger partial charge on any atom is -0.379 e. The van der Waals surface area contributed by atoms with Crippen molar-refractivity contribution in [1.29, 1.82) is 0 Å². The van der Waals surface area contributed by atoms with E-state index in [1.165, 1.54) is 77.0 Å². The van der Waals surface area contributed by atoms with Crippen LogP contribution in [0.4, 0.5) is 0 Å². The minimum absolute atomic E-state index is 0.0623. The van der Waals surface area contributed by atoms with Gasteiger partial charge in [-0.2, -0.15) is 0 Å². The highest BCUT2D eigenvalue weighted by atomic mass is 35.7. The molecule has 6 atom stereocenters. The number of hydrogen-bond acceptors (Lipinski definition) is 6. The van der Waals surface area contributed by atoms with E-state index in [9.17, 15) is 4.57 Å². The van der Waals surface area contributed by atoms with Crippen LogP contribution in [0, 0.1) is 35.5 Å². The molecular formula is C33H68ClO6P. The first kappa shape index (κ1) is 41.3. The van der Waals surface area contributed by atoms with Gasteiger partial charge in [0.15, 0.2) is 0 Å². The van der Waals surface area contributed by atoms with Gasteiger partial charge in [0.1, 0.15) is 6.10 Å². The molecule has 248 valence electrons. The van der Waals surface area contributed by atoms with Crippen LogP contribution in [-0.2, 0) is 23.2 Å². The van der Waals surface area contributed by atoms with E-state index in [1.807, 2.05) is 0 Å². The Morgan fingerprint density at radius 1 is 0.585 bits per heavy atom. The Balaban J connectivity index is 4.16. The van der Waals surface area contributed by atoms with Crippen molar-refractivity contribution in [2.24, 2.45) is 35.5 Å². The van der Waals surface area contributed by atoms with Crippen LogP contribution in [0.2, 0.25) is 0 Å². The average Bonchev–Trinajstić information content (AvgIpc) is 2.88. The molecule has 0 aromatic carbocycles. The Morgan fingerprint density at radius 3 is 1.39 bits per heavy atom. The molecule has 0 fully saturated rings. The van der Waals surface area contributed by atoms with E-state index in [2.05, 4.69) is 60.1 Å². The van der Waals surface area contributed by atoms with E-state index in [4.69, 9.17) is 30.5 Å². The maximum atomic E-state index is 11.7. The Kier molecular flexibility index (Phi) is 25.8. The zero-order valence-corrected chi connectivity index (χ0v) is 29.7. The summed E-state index contributed by atoms with van der Waals surface area (Å²) in [6, 6.07) is 0. The molecule has 0 radical (unpaired) electrons. The maximum Gasteiger partial charge on any atom is 0.451 e. The highest BCUT2D eigenvalue weighted by Crippen LogP contribution is 2.52. The molecule has 0 aliphatic rings. The van der Waals surface area contributed by atoms with E-state index in [-0.39, 0.29) is 6.61 Å². The number of hydrogen-bond donors (Lipinski definition) is 1. The van der Waals surface area contributed by atoms with E-state index in [0.29, 0.717) is 31.7 Å². The Labute approximate surface area is 259 Å². The third-order valence-corrected chi connectivity index (χ3v) is 9.41. The molecule has 0 bridgehead atoms. The Bertz CT molecular complexity index is 635. The first-order valence-electron chi connectivity index (χ1n) is 16.8. The first-order chi connectivity index (χ1) is 19.3. The highest BCUT2D eigenvalue weighted by Gasteiger charge is 2.24. The SMILES string of the molecule is CC(C)CCCC(C)CCOC(COCCC(C)CCC[C@H](C)CCC[C@H](C)CCCC(C)C)COP(=O)(Cl)OO. The maximum absolute atomic E-state index is 11.7. The van der Waals surface area contributed by atoms with Gasteiger partial charge in [-0.05, 0) is 48.3 Å². The second kappa shape index (κ2) is 25.6. The van der Waals surface area contributed by atoms with Crippen LogP contribution < -0.4 is 0 Å². The predicted octanol–water partition coefficient (Wildman–Crippen LogP) is 11.6. The summed E-state index contributed by atoms with van der Waals surface area (Å²) >= 11 is 5.54. The summed E-state index contributed by atoms with van der Waals surface area (Å²) in [4.78, 5) is 0. The molecule has 0 aromatic rings. The largest absolute Gasteiger partial charge is 0.451 e. The lowest BCUT2D eigenvalue weighted by Crippen LogP contribution is -2.26. The average molecular weight is 627 g/mol. The van der Waals surface area contributed by atoms with Gasteiger partial charge in [0, 0.05) is 24.5 Å². The van der Waals surface area contributed by atoms with Gasteiger partial charge in [-0.1, -0.05) is 132 Å². The van der Waals surface area contributed by atoms with Gasteiger partial charge < -0.3 is 9.47 Å². The fourth-order valence-corrected chi connectivity index (χ4v) is 5.79. The molecule has 0 saturated heterocycles. The standard InChI is InChI=1S/C33H68ClO6P/c1-27(2)13-9-15-29(5)17-11-18-30(6)19-12-20-31(7)21-23-37-25-33(26-39-41(34,36)40-35)38-24-22-32(8)16-10-14-28(3)4/h27-33,35H,9-26H2,1-8H3/t29-,30-,31?,32?,33?,41?/m1/s1. The molecule has 41 heavy (non-hydrogen) atoms. The molecule has 0 rings (SSSR count). The van der Waals surface area contributed by atoms with E-state index in [0.717, 1.165) is 36.5 Å². The molecule has 6 nitrogen and oxygen atoms in total. The monoisotopic (exact) mass is 626 g/mol. The van der Waals surface area contributed by atoms with Crippen molar-refractivity contribution in [2.75, 3.05) is 26.4 Å². The van der Waals surface area contributed by atoms with Crippen molar-refractivity contribution in [3.63, 3.8) is 0 Å². The van der Waals surface area contributed by atoms with Crippen LogP contribution in [0.1, 0.15) is 145 Å². The molecule has 0 amide bonds. The molecule has 0 heterocycles. The van der Waals surface area contributed by atoms with Crippen LogP contribution in [0.25, 0.3) is 0 Å². The van der Waals surface area contributed by atoms with Crippen LogP contribution in [0.3, 0.4) is 0 Å². The van der Waals surface area contributed by atoms with Crippen molar-refractivity contribution in [2.45, 2.75) is 151 Å². The number of ether oxygens (including phenoxy) is 2. The number of rotatable bonds is 29. The van der Waals surface area contributed by atoms with E-state index < -0.39 is 13.1 Å². The lowest BCUT2D eigenvalue weighted by molar-refractivity contribution is -0.147. The second-order valence-electron chi connectivity index (χ2n) is 13.9. The zero-order chi connectivity index (χ0) is 31.1. The molecule has 0 aliphatic carbocycles. The molecule has 0 aliphatic heterocycles. The normalized spacial score (nSPS) is 17.5. The van der Waals surface area contributed by atoms with Gasteiger partial charge in [0.25, 0.3) is 0 Å². The third-order valence-electron chi connectivity index (χ3n) is 8.28. The predicted molar refractivity (Wildman–Crippen MR) is 175 cm³/mol. The summed E-state index contributed by atoms with van der Waals surface area (Å²) in [5.74, 6) is 4.41. The first-order valence-corrected chi connectivity index (χ1v) is 19.3. The fourth-order valence-electron chi connectivity index (χ4n) is 5.23. The fraction of sp³-hybridized carbons (Fsp3) is 1.00. The van der Waals surface area contributed by atoms with Crippen LogP contribution >= 0.6 is 18.2 Å². The molecule has 8 heteroatoms. The van der Waals surface area contributed by atoms with Crippen LogP contribution in [0.15, 0.2) is 0 Å². The van der Waals surface area contributed by atoms with E-state index in [1.54, 1.807) is 0 Å². The topological polar surface area (TPSA) is 74.2 Å². The van der Waals surface area contributed by atoms with Crippen molar-refractivity contribution >= 4 is 18.2 Å². The lowest BCUT2D eigenvalue weighted by atomic mass is 9.91. The van der Waals surface area contributed by atoms with Crippen LogP contribution in [0.5, 0.6) is 0 Å². The molecule has 4 unspecified atom stereocenters. The van der Waals surface area contributed by atoms with Gasteiger partial charge in [-0.15, -0.1) is 4.67 Å². The summed E-state index contributed by atoms with van der Waals surface area (Å²) in [7, 11) is 0. The molecule has 0 spiro atoms. The van der Waals surface area contributed by atoms with Crippen molar-refractivity contribution < 1.29 is 28.5 Å². The lowest BCUT2D eigenvalue weighted by Gasteiger charge is -2.21. The minimum atomic E-state index is -4.01. The highest BCUT2D eigenvalue weighted by molar-refractivity contribution is 7.81. The van der Waals surface area contributed by atoms with Crippen molar-refractivity contribution in [3.8, 4) is 0 Å². The zero-order valence-electron chi connectivity index (χ0n) is 28.1. The van der Waals surface area contributed by atoms with Crippen LogP contribution in [-0.4, -0.2) is 37.8 Å². The van der Waals surface area contributed by atoms with Gasteiger partial charge in [-0.25, -0.2) is 9.82 Å². The Morgan fingerprint density at radius 2 is 0.976 bits per heavy atom. The molecule has 1 N–H and O–H groups in total. The summed E-state index contributed by atoms with van der Waals surface area (Å²) in [6.07, 6.45) is 17.2. The number of halogens is 1. The Hall–Kier alpha value is 0.320. The third kappa shape index (κ3) is 27.6. The van der Waals surface area contributed by atoms with Gasteiger partial charge in [0.05, 0.1) is 13.2 Å². The molecule has 0 saturated carbocycles. The van der Waals surface area contributed by atoms with Gasteiger partial charge in [0.2, 0.25) is 0 Å². The van der Waals surface area contributed by atoms with Crippen molar-refractivity contribution in [3.05, 3.63) is 0 Å². The summed E-state index contributed by atoms with van der Waals surface area (Å²) in [5, 5.41) is 8.67. The van der Waals surface area contributed by atoms with E-state index >= 15 is 0 Å². The summed E-state index contributed by atoms with van der Waals surface area (Å²) in [6.45, 7) is 16.0. The second-order valence-corrected chi connectivity index (χ2v) is 16.4. The quantitative estimate of drug-likeness (QED) is 0.0385. The molecular weight excluding hydrogens is 559 g/mol. The summed E-state index contributed by atoms with van der Waals surface area (Å²) in [5.41, 5.74) is 0. The molecule has 0 aromatic heterocycles. The smallest absolute Gasteiger partial charge is 0.379 e.